The SMILES string of the molecule is CC(C)CNCC1CCc2nc(CN(C)C)ncc2C1. The predicted octanol–water partition coefficient (Wildman–Crippen LogP) is 1.89. The highest BCUT2D eigenvalue weighted by Gasteiger charge is 2.20. The van der Waals surface area contributed by atoms with Crippen molar-refractivity contribution in [1.29, 1.82) is 0 Å². The lowest BCUT2D eigenvalue weighted by molar-refractivity contribution is 0.382. The van der Waals surface area contributed by atoms with Gasteiger partial charge in [-0.15, -0.1) is 0 Å². The summed E-state index contributed by atoms with van der Waals surface area (Å²) in [6.45, 7) is 7.57. The summed E-state index contributed by atoms with van der Waals surface area (Å²) in [5.74, 6) is 2.41. The summed E-state index contributed by atoms with van der Waals surface area (Å²) in [5, 5.41) is 3.58. The van der Waals surface area contributed by atoms with Crippen LogP contribution < -0.4 is 5.32 Å². The van der Waals surface area contributed by atoms with Crippen LogP contribution in [0, 0.1) is 11.8 Å². The summed E-state index contributed by atoms with van der Waals surface area (Å²) in [6.07, 6.45) is 5.53. The van der Waals surface area contributed by atoms with Gasteiger partial charge in [0, 0.05) is 11.9 Å². The zero-order valence-electron chi connectivity index (χ0n) is 13.3. The average Bonchev–Trinajstić information content (AvgIpc) is 2.37. The number of nitrogens with zero attached hydrogens (tertiary/aromatic N) is 3. The average molecular weight is 276 g/mol. The van der Waals surface area contributed by atoms with Crippen LogP contribution in [0.1, 0.15) is 37.4 Å². The molecule has 1 unspecified atom stereocenters. The van der Waals surface area contributed by atoms with Gasteiger partial charge in [-0.05, 0) is 63.8 Å². The molecule has 20 heavy (non-hydrogen) atoms. The quantitative estimate of drug-likeness (QED) is 0.861. The number of rotatable bonds is 6. The molecule has 0 saturated heterocycles. The molecule has 0 bridgehead atoms. The maximum Gasteiger partial charge on any atom is 0.142 e. The maximum absolute atomic E-state index is 4.72. The number of hydrogen-bond donors (Lipinski definition) is 1. The van der Waals surface area contributed by atoms with Crippen LogP contribution in [0.15, 0.2) is 6.20 Å². The molecule has 1 aromatic heterocycles. The number of fused-ring (bicyclic) bond motifs is 1. The second kappa shape index (κ2) is 7.14. The summed E-state index contributed by atoms with van der Waals surface area (Å²) in [6, 6.07) is 0. The summed E-state index contributed by atoms with van der Waals surface area (Å²) < 4.78 is 0. The predicted molar refractivity (Wildman–Crippen MR) is 82.6 cm³/mol. The minimum absolute atomic E-state index is 0.725. The highest BCUT2D eigenvalue weighted by atomic mass is 15.1. The van der Waals surface area contributed by atoms with Crippen LogP contribution in [0.3, 0.4) is 0 Å². The molecule has 0 aromatic carbocycles. The minimum Gasteiger partial charge on any atom is -0.316 e. The number of aryl methyl sites for hydroxylation is 1. The Labute approximate surface area is 123 Å². The molecule has 1 atom stereocenters. The lowest BCUT2D eigenvalue weighted by Crippen LogP contribution is -2.30. The third-order valence-electron chi connectivity index (χ3n) is 3.75. The van der Waals surface area contributed by atoms with Crippen molar-refractivity contribution < 1.29 is 0 Å². The highest BCUT2D eigenvalue weighted by molar-refractivity contribution is 5.21. The van der Waals surface area contributed by atoms with Crippen LogP contribution in [0.25, 0.3) is 0 Å². The second-order valence-electron chi connectivity index (χ2n) is 6.66. The molecule has 0 fully saturated rings. The van der Waals surface area contributed by atoms with Crippen molar-refractivity contribution in [3.8, 4) is 0 Å². The summed E-state index contributed by atoms with van der Waals surface area (Å²) in [4.78, 5) is 11.3. The van der Waals surface area contributed by atoms with Gasteiger partial charge < -0.3 is 10.2 Å². The maximum atomic E-state index is 4.72. The molecule has 1 N–H and O–H groups in total. The van der Waals surface area contributed by atoms with E-state index < -0.39 is 0 Å². The van der Waals surface area contributed by atoms with E-state index in [4.69, 9.17) is 4.98 Å². The Morgan fingerprint density at radius 3 is 2.90 bits per heavy atom. The van der Waals surface area contributed by atoms with E-state index in [0.717, 1.165) is 50.1 Å². The van der Waals surface area contributed by atoms with Crippen LogP contribution in [0.2, 0.25) is 0 Å². The fourth-order valence-electron chi connectivity index (χ4n) is 2.73. The van der Waals surface area contributed by atoms with Crippen molar-refractivity contribution >= 4 is 0 Å². The van der Waals surface area contributed by atoms with E-state index in [-0.39, 0.29) is 0 Å². The van der Waals surface area contributed by atoms with Crippen molar-refractivity contribution in [2.75, 3.05) is 27.2 Å². The van der Waals surface area contributed by atoms with E-state index in [9.17, 15) is 0 Å². The molecule has 112 valence electrons. The van der Waals surface area contributed by atoms with Gasteiger partial charge in [-0.25, -0.2) is 9.97 Å². The second-order valence-corrected chi connectivity index (χ2v) is 6.66. The molecule has 2 rings (SSSR count). The fraction of sp³-hybridized carbons (Fsp3) is 0.750. The standard InChI is InChI=1S/C16H28N4/c1-12(2)8-17-9-13-5-6-15-14(7-13)10-18-16(19-15)11-20(3)4/h10,12-13,17H,5-9,11H2,1-4H3. The Kier molecular flexibility index (Phi) is 5.49. The number of aromatic nitrogens is 2. The minimum atomic E-state index is 0.725. The van der Waals surface area contributed by atoms with Crippen molar-refractivity contribution in [2.24, 2.45) is 11.8 Å². The van der Waals surface area contributed by atoms with Gasteiger partial charge in [0.05, 0.1) is 6.54 Å². The van der Waals surface area contributed by atoms with Crippen molar-refractivity contribution in [3.05, 3.63) is 23.3 Å². The molecule has 0 saturated carbocycles. The Morgan fingerprint density at radius 2 is 2.20 bits per heavy atom. The first-order valence-corrected chi connectivity index (χ1v) is 7.73. The van der Waals surface area contributed by atoms with E-state index in [2.05, 4.69) is 49.3 Å². The normalized spacial score (nSPS) is 18.6. The van der Waals surface area contributed by atoms with Gasteiger partial charge in [0.2, 0.25) is 0 Å². The molecule has 1 aliphatic carbocycles. The molecule has 0 aliphatic heterocycles. The first-order valence-electron chi connectivity index (χ1n) is 7.73. The van der Waals surface area contributed by atoms with Crippen LogP contribution in [-0.4, -0.2) is 42.1 Å². The monoisotopic (exact) mass is 276 g/mol. The summed E-state index contributed by atoms with van der Waals surface area (Å²) in [7, 11) is 4.11. The Bertz CT molecular complexity index is 428. The number of nitrogens with one attached hydrogen (secondary N) is 1. The van der Waals surface area contributed by atoms with Crippen LogP contribution in [0.5, 0.6) is 0 Å². The summed E-state index contributed by atoms with van der Waals surface area (Å²) >= 11 is 0. The molecule has 0 radical (unpaired) electrons. The molecule has 0 spiro atoms. The van der Waals surface area contributed by atoms with E-state index in [1.54, 1.807) is 0 Å². The van der Waals surface area contributed by atoms with Crippen molar-refractivity contribution in [3.63, 3.8) is 0 Å². The van der Waals surface area contributed by atoms with Crippen LogP contribution in [0.4, 0.5) is 0 Å². The Hall–Kier alpha value is -1.00. The molecule has 1 aromatic rings. The van der Waals surface area contributed by atoms with Gasteiger partial charge >= 0.3 is 0 Å². The molecule has 4 heteroatoms. The van der Waals surface area contributed by atoms with E-state index in [1.807, 2.05) is 0 Å². The van der Waals surface area contributed by atoms with Gasteiger partial charge in [-0.2, -0.15) is 0 Å². The highest BCUT2D eigenvalue weighted by Crippen LogP contribution is 2.23. The van der Waals surface area contributed by atoms with Crippen molar-refractivity contribution in [1.82, 2.24) is 20.2 Å². The lowest BCUT2D eigenvalue weighted by atomic mass is 9.87. The molecule has 1 aliphatic rings. The Morgan fingerprint density at radius 1 is 1.40 bits per heavy atom. The van der Waals surface area contributed by atoms with Gasteiger partial charge in [0.25, 0.3) is 0 Å². The van der Waals surface area contributed by atoms with Crippen LogP contribution in [-0.2, 0) is 19.4 Å². The zero-order chi connectivity index (χ0) is 14.5. The lowest BCUT2D eigenvalue weighted by Gasteiger charge is -2.24. The topological polar surface area (TPSA) is 41.1 Å². The van der Waals surface area contributed by atoms with E-state index in [1.165, 1.54) is 17.7 Å². The van der Waals surface area contributed by atoms with Gasteiger partial charge in [0.15, 0.2) is 0 Å². The smallest absolute Gasteiger partial charge is 0.142 e. The fourth-order valence-corrected chi connectivity index (χ4v) is 2.73. The van der Waals surface area contributed by atoms with Gasteiger partial charge in [0.1, 0.15) is 5.82 Å². The first-order chi connectivity index (χ1) is 9.54. The zero-order valence-corrected chi connectivity index (χ0v) is 13.3. The number of hydrogen-bond acceptors (Lipinski definition) is 4. The van der Waals surface area contributed by atoms with Gasteiger partial charge in [-0.3, -0.25) is 0 Å². The third-order valence-corrected chi connectivity index (χ3v) is 3.75. The van der Waals surface area contributed by atoms with Gasteiger partial charge in [-0.1, -0.05) is 13.8 Å². The van der Waals surface area contributed by atoms with Crippen LogP contribution >= 0.6 is 0 Å². The Balaban J connectivity index is 1.90. The van der Waals surface area contributed by atoms with E-state index in [0.29, 0.717) is 0 Å². The molecular formula is C16H28N4. The molecular weight excluding hydrogens is 248 g/mol. The van der Waals surface area contributed by atoms with E-state index >= 15 is 0 Å². The molecule has 1 heterocycles. The first kappa shape index (κ1) is 15.4. The van der Waals surface area contributed by atoms with Crippen molar-refractivity contribution in [2.45, 2.75) is 39.7 Å². The molecule has 0 amide bonds. The largest absolute Gasteiger partial charge is 0.316 e. The summed E-state index contributed by atoms with van der Waals surface area (Å²) in [5.41, 5.74) is 2.63. The third kappa shape index (κ3) is 4.53. The molecule has 4 nitrogen and oxygen atoms in total.